The minimum absolute atomic E-state index is 0.143. The van der Waals surface area contributed by atoms with Crippen LogP contribution in [-0.2, 0) is 6.54 Å². The summed E-state index contributed by atoms with van der Waals surface area (Å²) in [6.45, 7) is 5.19. The number of fused-ring (bicyclic) bond motifs is 2. The molecule has 40 heavy (non-hydrogen) atoms. The summed E-state index contributed by atoms with van der Waals surface area (Å²) in [4.78, 5) is 17.1. The van der Waals surface area contributed by atoms with Gasteiger partial charge >= 0.3 is 0 Å². The zero-order chi connectivity index (χ0) is 27.1. The van der Waals surface area contributed by atoms with Crippen LogP contribution in [0.5, 0.6) is 5.75 Å². The molecular formula is C34H31N5O. The first-order valence-corrected chi connectivity index (χ1v) is 13.9. The molecule has 0 aliphatic carbocycles. The number of hydrogen-bond donors (Lipinski definition) is 1. The van der Waals surface area contributed by atoms with Crippen molar-refractivity contribution in [1.82, 2.24) is 24.4 Å². The maximum atomic E-state index is 10.4. The summed E-state index contributed by atoms with van der Waals surface area (Å²) in [7, 11) is 0. The molecule has 6 aromatic rings. The van der Waals surface area contributed by atoms with Crippen molar-refractivity contribution in [2.45, 2.75) is 32.4 Å². The number of hydrogen-bond acceptors (Lipinski definition) is 5. The van der Waals surface area contributed by atoms with Crippen molar-refractivity contribution in [2.75, 3.05) is 13.1 Å². The van der Waals surface area contributed by atoms with Gasteiger partial charge in [0.15, 0.2) is 0 Å². The number of rotatable bonds is 5. The molecule has 0 unspecified atom stereocenters. The molecule has 0 atom stereocenters. The Morgan fingerprint density at radius 2 is 1.38 bits per heavy atom. The summed E-state index contributed by atoms with van der Waals surface area (Å²) in [6.07, 6.45) is 2.25. The smallest absolute Gasteiger partial charge is 0.143 e. The van der Waals surface area contributed by atoms with Gasteiger partial charge in [-0.25, -0.2) is 15.0 Å². The second-order valence-corrected chi connectivity index (χ2v) is 10.7. The standard InChI is InChI=1S/C34H31N5O/c1-23-35-28-10-5-6-12-30(28)39(23)27-18-20-38(21-19-27)22-24-14-16-26(17-15-24)32-33(25-8-3-2-4-9-25)37-34-29(36-32)11-7-13-31(34)40/h2-17,27,40H,18-22H2,1H3. The Labute approximate surface area is 233 Å². The van der Waals surface area contributed by atoms with Crippen LogP contribution in [0.4, 0.5) is 0 Å². The second-order valence-electron chi connectivity index (χ2n) is 10.7. The predicted octanol–water partition coefficient (Wildman–Crippen LogP) is 7.16. The summed E-state index contributed by atoms with van der Waals surface area (Å²) < 4.78 is 2.44. The first kappa shape index (κ1) is 24.5. The highest BCUT2D eigenvalue weighted by atomic mass is 16.3. The van der Waals surface area contributed by atoms with E-state index in [0.29, 0.717) is 17.1 Å². The largest absolute Gasteiger partial charge is 0.506 e. The molecule has 6 nitrogen and oxygen atoms in total. The molecule has 0 radical (unpaired) electrons. The van der Waals surface area contributed by atoms with E-state index in [9.17, 15) is 5.11 Å². The van der Waals surface area contributed by atoms with Crippen LogP contribution >= 0.6 is 0 Å². The highest BCUT2D eigenvalue weighted by Crippen LogP contribution is 2.34. The van der Waals surface area contributed by atoms with Crippen LogP contribution in [0, 0.1) is 6.92 Å². The lowest BCUT2D eigenvalue weighted by Crippen LogP contribution is -2.34. The molecule has 1 aliphatic rings. The Bertz CT molecular complexity index is 1800. The number of piperidine rings is 1. The topological polar surface area (TPSA) is 67.1 Å². The molecule has 1 aliphatic heterocycles. The van der Waals surface area contributed by atoms with Crippen molar-refractivity contribution >= 4 is 22.1 Å². The number of phenols is 1. The molecule has 198 valence electrons. The third-order valence-electron chi connectivity index (χ3n) is 8.05. The van der Waals surface area contributed by atoms with E-state index in [1.165, 1.54) is 11.1 Å². The van der Waals surface area contributed by atoms with Gasteiger partial charge in [-0.3, -0.25) is 4.90 Å². The number of likely N-dealkylation sites (tertiary alicyclic amines) is 1. The van der Waals surface area contributed by atoms with E-state index in [2.05, 4.69) is 64.9 Å². The molecule has 2 aromatic heterocycles. The van der Waals surface area contributed by atoms with Crippen LogP contribution in [0.25, 0.3) is 44.6 Å². The summed E-state index contributed by atoms with van der Waals surface area (Å²) in [5.74, 6) is 1.25. The van der Waals surface area contributed by atoms with E-state index >= 15 is 0 Å². The van der Waals surface area contributed by atoms with Gasteiger partial charge in [0.25, 0.3) is 0 Å². The fourth-order valence-electron chi connectivity index (χ4n) is 6.05. The van der Waals surface area contributed by atoms with E-state index in [1.807, 2.05) is 36.4 Å². The van der Waals surface area contributed by atoms with Crippen LogP contribution in [-0.4, -0.2) is 42.6 Å². The van der Waals surface area contributed by atoms with Gasteiger partial charge in [-0.2, -0.15) is 0 Å². The fraction of sp³-hybridized carbons (Fsp3) is 0.206. The Morgan fingerprint density at radius 3 is 2.17 bits per heavy atom. The van der Waals surface area contributed by atoms with Crippen LogP contribution < -0.4 is 0 Å². The molecule has 4 aromatic carbocycles. The maximum Gasteiger partial charge on any atom is 0.143 e. The lowest BCUT2D eigenvalue weighted by molar-refractivity contribution is 0.180. The van der Waals surface area contributed by atoms with Crippen LogP contribution in [0.1, 0.15) is 30.3 Å². The van der Waals surface area contributed by atoms with E-state index in [0.717, 1.165) is 66.3 Å². The predicted molar refractivity (Wildman–Crippen MR) is 160 cm³/mol. The number of aromatic nitrogens is 4. The second kappa shape index (κ2) is 10.2. The average Bonchev–Trinajstić information content (AvgIpc) is 3.34. The zero-order valence-corrected chi connectivity index (χ0v) is 22.5. The van der Waals surface area contributed by atoms with Crippen LogP contribution in [0.3, 0.4) is 0 Å². The number of nitrogens with zero attached hydrogens (tertiary/aromatic N) is 5. The third kappa shape index (κ3) is 4.50. The normalized spacial score (nSPS) is 14.7. The molecular weight excluding hydrogens is 494 g/mol. The fourth-order valence-corrected chi connectivity index (χ4v) is 6.05. The number of para-hydroxylation sites is 3. The van der Waals surface area contributed by atoms with Crippen LogP contribution in [0.15, 0.2) is 97.1 Å². The third-order valence-corrected chi connectivity index (χ3v) is 8.05. The number of phenolic OH excluding ortho intramolecular Hbond substituents is 1. The number of aromatic hydroxyl groups is 1. The van der Waals surface area contributed by atoms with Crippen molar-refractivity contribution in [3.05, 3.63) is 108 Å². The Hall–Kier alpha value is -4.55. The summed E-state index contributed by atoms with van der Waals surface area (Å²) in [6, 6.07) is 33.1. The van der Waals surface area contributed by atoms with Gasteiger partial charge in [-0.1, -0.05) is 72.8 Å². The van der Waals surface area contributed by atoms with Gasteiger partial charge in [0, 0.05) is 36.8 Å². The molecule has 1 N–H and O–H groups in total. The van der Waals surface area contributed by atoms with Crippen LogP contribution in [0.2, 0.25) is 0 Å². The average molecular weight is 526 g/mol. The van der Waals surface area contributed by atoms with Crippen molar-refractivity contribution in [1.29, 1.82) is 0 Å². The highest BCUT2D eigenvalue weighted by Gasteiger charge is 2.23. The van der Waals surface area contributed by atoms with Crippen molar-refractivity contribution in [3.8, 4) is 28.3 Å². The molecule has 0 bridgehead atoms. The number of aryl methyl sites for hydroxylation is 1. The molecule has 1 fully saturated rings. The van der Waals surface area contributed by atoms with E-state index in [4.69, 9.17) is 15.0 Å². The van der Waals surface area contributed by atoms with Gasteiger partial charge in [0.05, 0.1) is 27.9 Å². The monoisotopic (exact) mass is 525 g/mol. The molecule has 1 saturated heterocycles. The number of benzene rings is 4. The maximum absolute atomic E-state index is 10.4. The number of imidazole rings is 1. The van der Waals surface area contributed by atoms with Gasteiger partial charge < -0.3 is 9.67 Å². The SMILES string of the molecule is Cc1nc2ccccc2n1C1CCN(Cc2ccc(-c3nc4cccc(O)c4nc3-c3ccccc3)cc2)CC1. The quantitative estimate of drug-likeness (QED) is 0.259. The Kier molecular flexibility index (Phi) is 6.25. The molecule has 0 saturated carbocycles. The molecule has 7 rings (SSSR count). The summed E-state index contributed by atoms with van der Waals surface area (Å²) >= 11 is 0. The van der Waals surface area contributed by atoms with E-state index < -0.39 is 0 Å². The minimum Gasteiger partial charge on any atom is -0.506 e. The highest BCUT2D eigenvalue weighted by molar-refractivity contribution is 5.89. The van der Waals surface area contributed by atoms with Gasteiger partial charge in [0.2, 0.25) is 0 Å². The van der Waals surface area contributed by atoms with E-state index in [1.54, 1.807) is 12.1 Å². The van der Waals surface area contributed by atoms with Gasteiger partial charge in [0.1, 0.15) is 17.1 Å². The molecule has 0 amide bonds. The summed E-state index contributed by atoms with van der Waals surface area (Å²) in [5.41, 5.74) is 8.41. The first-order valence-electron chi connectivity index (χ1n) is 13.9. The van der Waals surface area contributed by atoms with Crippen molar-refractivity contribution in [3.63, 3.8) is 0 Å². The molecule has 0 spiro atoms. The minimum atomic E-state index is 0.143. The Balaban J connectivity index is 1.11. The summed E-state index contributed by atoms with van der Waals surface area (Å²) in [5, 5.41) is 10.4. The lowest BCUT2D eigenvalue weighted by Gasteiger charge is -2.33. The van der Waals surface area contributed by atoms with Crippen molar-refractivity contribution in [2.24, 2.45) is 0 Å². The lowest BCUT2D eigenvalue weighted by atomic mass is 10.0. The Morgan fingerprint density at radius 1 is 0.700 bits per heavy atom. The van der Waals surface area contributed by atoms with Gasteiger partial charge in [-0.05, 0) is 49.6 Å². The molecule has 6 heteroatoms. The van der Waals surface area contributed by atoms with Gasteiger partial charge in [-0.15, -0.1) is 0 Å². The zero-order valence-electron chi connectivity index (χ0n) is 22.5. The van der Waals surface area contributed by atoms with E-state index in [-0.39, 0.29) is 5.75 Å². The van der Waals surface area contributed by atoms with Crippen molar-refractivity contribution < 1.29 is 5.11 Å². The molecule has 3 heterocycles. The first-order chi connectivity index (χ1) is 19.6.